The Morgan fingerprint density at radius 3 is 2.89 bits per heavy atom. The van der Waals surface area contributed by atoms with Crippen molar-refractivity contribution >= 4 is 18.3 Å². The number of aromatic nitrogens is 2. The zero-order valence-corrected chi connectivity index (χ0v) is 15.8. The summed E-state index contributed by atoms with van der Waals surface area (Å²) < 4.78 is 31.8. The summed E-state index contributed by atoms with van der Waals surface area (Å²) in [4.78, 5) is 16.4. The molecule has 3 rings (SSSR count). The third-order valence-electron chi connectivity index (χ3n) is 4.56. The van der Waals surface area contributed by atoms with Crippen LogP contribution in [0.5, 0.6) is 0 Å². The molecule has 148 valence electrons. The number of carbonyl (C=O) groups excluding carboxylic acids is 1. The van der Waals surface area contributed by atoms with E-state index in [4.69, 9.17) is 4.52 Å². The second-order valence-corrected chi connectivity index (χ2v) is 6.54. The number of nitrogens with zero attached hydrogens (tertiary/aromatic N) is 2. The van der Waals surface area contributed by atoms with Crippen LogP contribution in [0.3, 0.4) is 0 Å². The van der Waals surface area contributed by atoms with E-state index in [-0.39, 0.29) is 30.3 Å². The zero-order chi connectivity index (χ0) is 18.5. The van der Waals surface area contributed by atoms with Crippen molar-refractivity contribution in [2.24, 2.45) is 0 Å². The largest absolute Gasteiger partial charge is 0.351 e. The van der Waals surface area contributed by atoms with E-state index >= 15 is 0 Å². The fourth-order valence-electron chi connectivity index (χ4n) is 3.27. The number of amides is 1. The second-order valence-electron chi connectivity index (χ2n) is 6.54. The van der Waals surface area contributed by atoms with Crippen LogP contribution in [0.2, 0.25) is 0 Å². The molecule has 9 heteroatoms. The number of rotatable bonds is 6. The third-order valence-corrected chi connectivity index (χ3v) is 4.56. The van der Waals surface area contributed by atoms with E-state index in [9.17, 15) is 13.6 Å². The van der Waals surface area contributed by atoms with Gasteiger partial charge in [0.05, 0.1) is 0 Å². The first-order valence-electron chi connectivity index (χ1n) is 8.77. The molecule has 2 heterocycles. The standard InChI is InChI=1S/C18H22F2N4O2.ClH/c1-11-22-18(26-24-11)4-2-3-17(25)23-16-10-21-8-7-13(16)12-5-6-14(19)15(20)9-12;/h5-6,9,13,16,21H,2-4,7-8,10H2,1H3,(H,23,25);1H. The monoisotopic (exact) mass is 400 g/mol. The molecule has 2 aromatic rings. The Labute approximate surface area is 162 Å². The number of nitrogens with one attached hydrogen (secondary N) is 2. The lowest BCUT2D eigenvalue weighted by molar-refractivity contribution is -0.122. The van der Waals surface area contributed by atoms with Crippen molar-refractivity contribution < 1.29 is 18.1 Å². The average Bonchev–Trinajstić information content (AvgIpc) is 3.03. The molecule has 0 aliphatic carbocycles. The Bertz CT molecular complexity index is 772. The lowest BCUT2D eigenvalue weighted by atomic mass is 9.86. The SMILES string of the molecule is Cc1noc(CCCC(=O)NC2CNCCC2c2ccc(F)c(F)c2)n1.Cl. The molecular formula is C18H23ClF2N4O2. The van der Waals surface area contributed by atoms with Gasteiger partial charge in [0, 0.05) is 31.3 Å². The molecule has 1 aromatic carbocycles. The van der Waals surface area contributed by atoms with E-state index in [1.54, 1.807) is 13.0 Å². The summed E-state index contributed by atoms with van der Waals surface area (Å²) in [5.41, 5.74) is 0.706. The Kier molecular flexibility index (Phi) is 7.67. The van der Waals surface area contributed by atoms with Crippen LogP contribution in [0, 0.1) is 18.6 Å². The zero-order valence-electron chi connectivity index (χ0n) is 15.0. The number of carbonyl (C=O) groups is 1. The highest BCUT2D eigenvalue weighted by Crippen LogP contribution is 2.27. The molecular weight excluding hydrogens is 378 g/mol. The maximum absolute atomic E-state index is 13.6. The number of halogens is 3. The summed E-state index contributed by atoms with van der Waals surface area (Å²) in [7, 11) is 0. The molecule has 6 nitrogen and oxygen atoms in total. The molecule has 1 saturated heterocycles. The van der Waals surface area contributed by atoms with Crippen molar-refractivity contribution in [1.82, 2.24) is 20.8 Å². The number of hydrogen-bond donors (Lipinski definition) is 2. The molecule has 2 atom stereocenters. The summed E-state index contributed by atoms with van der Waals surface area (Å²) in [6.45, 7) is 3.11. The van der Waals surface area contributed by atoms with E-state index in [1.807, 2.05) is 0 Å². The lowest BCUT2D eigenvalue weighted by Crippen LogP contribution is -2.50. The van der Waals surface area contributed by atoms with Crippen LogP contribution in [0.1, 0.15) is 42.5 Å². The van der Waals surface area contributed by atoms with Crippen LogP contribution in [0.15, 0.2) is 22.7 Å². The van der Waals surface area contributed by atoms with Crippen molar-refractivity contribution in [3.8, 4) is 0 Å². The Morgan fingerprint density at radius 1 is 1.37 bits per heavy atom. The molecule has 1 aromatic heterocycles. The van der Waals surface area contributed by atoms with Gasteiger partial charge in [-0.15, -0.1) is 12.4 Å². The van der Waals surface area contributed by atoms with Crippen LogP contribution in [-0.4, -0.2) is 35.2 Å². The fraction of sp³-hybridized carbons (Fsp3) is 0.500. The Hall–Kier alpha value is -2.06. The molecule has 1 aliphatic rings. The van der Waals surface area contributed by atoms with Gasteiger partial charge in [0.25, 0.3) is 0 Å². The van der Waals surface area contributed by atoms with E-state index < -0.39 is 11.6 Å². The maximum atomic E-state index is 13.6. The summed E-state index contributed by atoms with van der Waals surface area (Å²) in [5.74, 6) is -0.752. The Morgan fingerprint density at radius 2 is 2.19 bits per heavy atom. The van der Waals surface area contributed by atoms with E-state index in [0.29, 0.717) is 43.1 Å². The predicted octanol–water partition coefficient (Wildman–Crippen LogP) is 2.66. The summed E-state index contributed by atoms with van der Waals surface area (Å²) >= 11 is 0. The molecule has 2 unspecified atom stereocenters. The van der Waals surface area contributed by atoms with Crippen molar-refractivity contribution in [2.45, 2.75) is 44.6 Å². The number of benzene rings is 1. The normalized spacial score (nSPS) is 19.4. The second kappa shape index (κ2) is 9.75. The van der Waals surface area contributed by atoms with Gasteiger partial charge in [-0.05, 0) is 44.0 Å². The van der Waals surface area contributed by atoms with Crippen LogP contribution >= 0.6 is 12.4 Å². The predicted molar refractivity (Wildman–Crippen MR) is 97.7 cm³/mol. The van der Waals surface area contributed by atoms with E-state index in [0.717, 1.165) is 19.0 Å². The molecule has 1 aliphatic heterocycles. The summed E-state index contributed by atoms with van der Waals surface area (Å²) in [6.07, 6.45) is 2.23. The molecule has 0 bridgehead atoms. The summed E-state index contributed by atoms with van der Waals surface area (Å²) in [5, 5.41) is 9.96. The molecule has 27 heavy (non-hydrogen) atoms. The first kappa shape index (κ1) is 21.2. The lowest BCUT2D eigenvalue weighted by Gasteiger charge is -2.33. The van der Waals surface area contributed by atoms with Gasteiger partial charge in [-0.1, -0.05) is 11.2 Å². The number of piperidine rings is 1. The van der Waals surface area contributed by atoms with E-state index in [2.05, 4.69) is 20.8 Å². The molecule has 0 spiro atoms. The van der Waals surface area contributed by atoms with Crippen molar-refractivity contribution in [2.75, 3.05) is 13.1 Å². The van der Waals surface area contributed by atoms with Gasteiger partial charge >= 0.3 is 0 Å². The summed E-state index contributed by atoms with van der Waals surface area (Å²) in [6, 6.07) is 3.79. The van der Waals surface area contributed by atoms with Gasteiger partial charge in [0.2, 0.25) is 11.8 Å². The third kappa shape index (κ3) is 5.71. The fourth-order valence-corrected chi connectivity index (χ4v) is 3.27. The van der Waals surface area contributed by atoms with Gasteiger partial charge in [-0.3, -0.25) is 4.79 Å². The maximum Gasteiger partial charge on any atom is 0.226 e. The quantitative estimate of drug-likeness (QED) is 0.779. The van der Waals surface area contributed by atoms with Gasteiger partial charge < -0.3 is 15.2 Å². The number of aryl methyl sites for hydroxylation is 2. The van der Waals surface area contributed by atoms with Crippen LogP contribution < -0.4 is 10.6 Å². The minimum Gasteiger partial charge on any atom is -0.351 e. The highest BCUT2D eigenvalue weighted by molar-refractivity contribution is 5.85. The van der Waals surface area contributed by atoms with Gasteiger partial charge in [-0.2, -0.15) is 4.98 Å². The molecule has 1 fully saturated rings. The highest BCUT2D eigenvalue weighted by atomic mass is 35.5. The van der Waals surface area contributed by atoms with Crippen LogP contribution in [0.4, 0.5) is 8.78 Å². The van der Waals surface area contributed by atoms with Crippen molar-refractivity contribution in [1.29, 1.82) is 0 Å². The van der Waals surface area contributed by atoms with Gasteiger partial charge in [-0.25, -0.2) is 8.78 Å². The van der Waals surface area contributed by atoms with Gasteiger partial charge in [0.15, 0.2) is 17.5 Å². The van der Waals surface area contributed by atoms with Gasteiger partial charge in [0.1, 0.15) is 0 Å². The molecule has 0 radical (unpaired) electrons. The first-order chi connectivity index (χ1) is 12.5. The minimum atomic E-state index is -0.862. The van der Waals surface area contributed by atoms with Crippen molar-refractivity contribution in [3.05, 3.63) is 47.1 Å². The molecule has 1 amide bonds. The molecule has 0 saturated carbocycles. The minimum absolute atomic E-state index is 0. The topological polar surface area (TPSA) is 80.0 Å². The Balaban J connectivity index is 0.00000261. The number of hydrogen-bond acceptors (Lipinski definition) is 5. The van der Waals surface area contributed by atoms with Crippen LogP contribution in [0.25, 0.3) is 0 Å². The highest BCUT2D eigenvalue weighted by Gasteiger charge is 2.28. The van der Waals surface area contributed by atoms with Crippen molar-refractivity contribution in [3.63, 3.8) is 0 Å². The average molecular weight is 401 g/mol. The first-order valence-corrected chi connectivity index (χ1v) is 8.77. The smallest absolute Gasteiger partial charge is 0.226 e. The van der Waals surface area contributed by atoms with E-state index in [1.165, 1.54) is 6.07 Å². The molecule has 2 N–H and O–H groups in total. The van der Waals surface area contributed by atoms with Crippen LogP contribution in [-0.2, 0) is 11.2 Å².